The van der Waals surface area contributed by atoms with E-state index in [9.17, 15) is 4.79 Å². The molecule has 1 heterocycles. The van der Waals surface area contributed by atoms with E-state index in [0.717, 1.165) is 5.56 Å². The first-order valence-electron chi connectivity index (χ1n) is 4.98. The van der Waals surface area contributed by atoms with Crippen LogP contribution in [0.4, 0.5) is 11.6 Å². The first-order chi connectivity index (χ1) is 8.16. The number of nitrogen functional groups attached to an aromatic ring is 1. The number of anilines is 2. The summed E-state index contributed by atoms with van der Waals surface area (Å²) >= 11 is 0. The molecule has 6 nitrogen and oxygen atoms in total. The lowest BCUT2D eigenvalue weighted by Crippen LogP contribution is -2.15. The number of nitrogens with one attached hydrogen (secondary N) is 1. The van der Waals surface area contributed by atoms with E-state index in [-0.39, 0.29) is 11.9 Å². The number of aromatic nitrogens is 3. The second kappa shape index (κ2) is 4.56. The smallest absolute Gasteiger partial charge is 0.258 e. The van der Waals surface area contributed by atoms with Crippen molar-refractivity contribution >= 4 is 17.5 Å². The van der Waals surface area contributed by atoms with Gasteiger partial charge in [-0.2, -0.15) is 5.10 Å². The van der Waals surface area contributed by atoms with Crippen molar-refractivity contribution in [3.05, 3.63) is 41.7 Å². The Labute approximate surface area is 97.9 Å². The normalized spacial score (nSPS) is 9.94. The van der Waals surface area contributed by atoms with Crippen LogP contribution in [0.1, 0.15) is 15.9 Å². The van der Waals surface area contributed by atoms with Crippen molar-refractivity contribution in [2.75, 3.05) is 11.1 Å². The van der Waals surface area contributed by atoms with E-state index in [1.807, 2.05) is 6.92 Å². The molecule has 6 heteroatoms. The van der Waals surface area contributed by atoms with Crippen LogP contribution in [-0.4, -0.2) is 21.1 Å². The summed E-state index contributed by atoms with van der Waals surface area (Å²) in [6, 6.07) is 5.07. The van der Waals surface area contributed by atoms with Gasteiger partial charge in [0.25, 0.3) is 5.91 Å². The monoisotopic (exact) mass is 229 g/mol. The van der Waals surface area contributed by atoms with Crippen molar-refractivity contribution in [1.29, 1.82) is 0 Å². The Morgan fingerprint density at radius 3 is 2.82 bits per heavy atom. The van der Waals surface area contributed by atoms with Gasteiger partial charge in [0.05, 0.1) is 12.4 Å². The number of amides is 1. The number of nitrogens with zero attached hydrogens (tertiary/aromatic N) is 3. The van der Waals surface area contributed by atoms with Gasteiger partial charge >= 0.3 is 0 Å². The quantitative estimate of drug-likeness (QED) is 0.749. The number of hydrogen-bond acceptors (Lipinski definition) is 5. The molecule has 1 amide bonds. The van der Waals surface area contributed by atoms with Gasteiger partial charge in [-0.3, -0.25) is 10.1 Å². The number of aryl methyl sites for hydroxylation is 1. The molecule has 0 atom stereocenters. The van der Waals surface area contributed by atoms with Gasteiger partial charge in [0.1, 0.15) is 0 Å². The third-order valence-electron chi connectivity index (χ3n) is 2.20. The Balaban J connectivity index is 2.21. The van der Waals surface area contributed by atoms with Gasteiger partial charge in [-0.15, -0.1) is 5.10 Å². The highest BCUT2D eigenvalue weighted by atomic mass is 16.1. The van der Waals surface area contributed by atoms with E-state index in [1.165, 1.54) is 12.4 Å². The zero-order valence-electron chi connectivity index (χ0n) is 9.21. The zero-order valence-corrected chi connectivity index (χ0v) is 9.21. The number of nitrogens with two attached hydrogens (primary N) is 1. The van der Waals surface area contributed by atoms with Crippen LogP contribution in [-0.2, 0) is 0 Å². The summed E-state index contributed by atoms with van der Waals surface area (Å²) in [5.41, 5.74) is 7.57. The summed E-state index contributed by atoms with van der Waals surface area (Å²) in [5.74, 6) is -0.107. The fourth-order valence-corrected chi connectivity index (χ4v) is 1.42. The van der Waals surface area contributed by atoms with Crippen LogP contribution in [0, 0.1) is 6.92 Å². The third-order valence-corrected chi connectivity index (χ3v) is 2.20. The molecule has 2 aromatic rings. The van der Waals surface area contributed by atoms with Gasteiger partial charge in [0, 0.05) is 11.3 Å². The van der Waals surface area contributed by atoms with Gasteiger partial charge in [0.2, 0.25) is 5.95 Å². The highest BCUT2D eigenvalue weighted by Gasteiger charge is 2.10. The van der Waals surface area contributed by atoms with E-state index in [2.05, 4.69) is 20.5 Å². The summed E-state index contributed by atoms with van der Waals surface area (Å²) in [6.07, 6.45) is 2.89. The standard InChI is InChI=1S/C11H11N5O/c1-7-6-8(12)2-3-9(7)10(17)15-11-13-4-5-14-16-11/h2-6H,12H2,1H3,(H,13,15,16,17). The number of hydrogen-bond donors (Lipinski definition) is 2. The van der Waals surface area contributed by atoms with E-state index in [4.69, 9.17) is 5.73 Å². The second-order valence-corrected chi connectivity index (χ2v) is 3.49. The molecule has 0 unspecified atom stereocenters. The Morgan fingerprint density at radius 2 is 2.18 bits per heavy atom. The summed E-state index contributed by atoms with van der Waals surface area (Å²) in [6.45, 7) is 1.81. The number of carbonyl (C=O) groups is 1. The topological polar surface area (TPSA) is 93.8 Å². The molecule has 2 rings (SSSR count). The first kappa shape index (κ1) is 11.0. The van der Waals surface area contributed by atoms with Crippen molar-refractivity contribution in [1.82, 2.24) is 15.2 Å². The lowest BCUT2D eigenvalue weighted by Gasteiger charge is -2.06. The van der Waals surface area contributed by atoms with Gasteiger partial charge in [0.15, 0.2) is 0 Å². The first-order valence-corrected chi connectivity index (χ1v) is 4.98. The van der Waals surface area contributed by atoms with E-state index in [0.29, 0.717) is 11.3 Å². The van der Waals surface area contributed by atoms with Gasteiger partial charge in [-0.25, -0.2) is 4.98 Å². The molecular weight excluding hydrogens is 218 g/mol. The van der Waals surface area contributed by atoms with Crippen LogP contribution < -0.4 is 11.1 Å². The largest absolute Gasteiger partial charge is 0.399 e. The molecular formula is C11H11N5O. The van der Waals surface area contributed by atoms with Crippen LogP contribution in [0.3, 0.4) is 0 Å². The minimum absolute atomic E-state index is 0.175. The lowest BCUT2D eigenvalue weighted by molar-refractivity contribution is 0.102. The molecule has 0 saturated heterocycles. The molecule has 0 fully saturated rings. The van der Waals surface area contributed by atoms with Crippen LogP contribution in [0.15, 0.2) is 30.6 Å². The van der Waals surface area contributed by atoms with Crippen LogP contribution in [0.25, 0.3) is 0 Å². The summed E-state index contributed by atoms with van der Waals surface area (Å²) in [4.78, 5) is 15.7. The SMILES string of the molecule is Cc1cc(N)ccc1C(=O)Nc1nccnn1. The Kier molecular flexibility index (Phi) is 2.95. The van der Waals surface area contributed by atoms with Crippen molar-refractivity contribution < 1.29 is 4.79 Å². The Hall–Kier alpha value is -2.50. The molecule has 0 bridgehead atoms. The summed E-state index contributed by atoms with van der Waals surface area (Å²) < 4.78 is 0. The van der Waals surface area contributed by atoms with Gasteiger partial charge in [-0.05, 0) is 30.7 Å². The molecule has 3 N–H and O–H groups in total. The molecule has 1 aromatic heterocycles. The van der Waals surface area contributed by atoms with E-state index >= 15 is 0 Å². The minimum Gasteiger partial charge on any atom is -0.399 e. The average Bonchev–Trinajstić information content (AvgIpc) is 2.30. The van der Waals surface area contributed by atoms with Gasteiger partial charge < -0.3 is 5.73 Å². The summed E-state index contributed by atoms with van der Waals surface area (Å²) in [5, 5.41) is 9.85. The Morgan fingerprint density at radius 1 is 1.35 bits per heavy atom. The molecule has 0 aliphatic rings. The number of rotatable bonds is 2. The highest BCUT2D eigenvalue weighted by molar-refractivity contribution is 6.04. The molecule has 0 spiro atoms. The zero-order chi connectivity index (χ0) is 12.3. The fraction of sp³-hybridized carbons (Fsp3) is 0.0909. The molecule has 0 radical (unpaired) electrons. The van der Waals surface area contributed by atoms with Crippen LogP contribution in [0.2, 0.25) is 0 Å². The molecule has 0 saturated carbocycles. The number of benzene rings is 1. The molecule has 0 aliphatic carbocycles. The van der Waals surface area contributed by atoms with E-state index in [1.54, 1.807) is 18.2 Å². The van der Waals surface area contributed by atoms with Crippen LogP contribution >= 0.6 is 0 Å². The molecule has 0 aliphatic heterocycles. The van der Waals surface area contributed by atoms with Crippen molar-refractivity contribution in [3.8, 4) is 0 Å². The lowest BCUT2D eigenvalue weighted by atomic mass is 10.1. The fourth-order valence-electron chi connectivity index (χ4n) is 1.42. The highest BCUT2D eigenvalue weighted by Crippen LogP contribution is 2.13. The molecule has 17 heavy (non-hydrogen) atoms. The molecule has 1 aromatic carbocycles. The van der Waals surface area contributed by atoms with E-state index < -0.39 is 0 Å². The summed E-state index contributed by atoms with van der Waals surface area (Å²) in [7, 11) is 0. The molecule has 86 valence electrons. The van der Waals surface area contributed by atoms with Crippen molar-refractivity contribution in [3.63, 3.8) is 0 Å². The van der Waals surface area contributed by atoms with Gasteiger partial charge in [-0.1, -0.05) is 0 Å². The second-order valence-electron chi connectivity index (χ2n) is 3.49. The predicted molar refractivity (Wildman–Crippen MR) is 63.4 cm³/mol. The average molecular weight is 229 g/mol. The maximum absolute atomic E-state index is 11.9. The van der Waals surface area contributed by atoms with Crippen molar-refractivity contribution in [2.24, 2.45) is 0 Å². The minimum atomic E-state index is -0.282. The predicted octanol–water partition coefficient (Wildman–Crippen LogP) is 1.01. The maximum atomic E-state index is 11.9. The van der Waals surface area contributed by atoms with Crippen molar-refractivity contribution in [2.45, 2.75) is 6.92 Å². The third kappa shape index (κ3) is 2.54. The van der Waals surface area contributed by atoms with Crippen LogP contribution in [0.5, 0.6) is 0 Å². The Bertz CT molecular complexity index is 541. The maximum Gasteiger partial charge on any atom is 0.258 e. The number of carbonyl (C=O) groups excluding carboxylic acids is 1.